The van der Waals surface area contributed by atoms with E-state index in [-0.39, 0.29) is 5.69 Å². The van der Waals surface area contributed by atoms with Crippen LogP contribution >= 0.6 is 0 Å². The predicted molar refractivity (Wildman–Crippen MR) is 97.6 cm³/mol. The van der Waals surface area contributed by atoms with Crippen LogP contribution < -0.4 is 5.32 Å². The van der Waals surface area contributed by atoms with Crippen molar-refractivity contribution in [2.75, 3.05) is 12.4 Å². The Morgan fingerprint density at radius 2 is 2.00 bits per heavy atom. The number of imidazole rings is 1. The number of carbonyl (C=O) groups is 1. The molecule has 0 bridgehead atoms. The highest BCUT2D eigenvalue weighted by atomic mass is 16.5. The fourth-order valence-corrected chi connectivity index (χ4v) is 2.69. The zero-order chi connectivity index (χ0) is 18.8. The summed E-state index contributed by atoms with van der Waals surface area (Å²) in [6, 6.07) is 7.64. The number of esters is 1. The van der Waals surface area contributed by atoms with E-state index in [1.807, 2.05) is 41.8 Å². The molecule has 9 nitrogen and oxygen atoms in total. The first-order valence-electron chi connectivity index (χ1n) is 8.10. The highest BCUT2D eigenvalue weighted by molar-refractivity contribution is 5.86. The lowest BCUT2D eigenvalue weighted by Gasteiger charge is -2.07. The lowest BCUT2D eigenvalue weighted by Crippen LogP contribution is -2.06. The minimum absolute atomic E-state index is 0.124. The molecule has 4 rings (SSSR count). The average molecular weight is 361 g/mol. The molecule has 0 atom stereocenters. The molecule has 134 valence electrons. The summed E-state index contributed by atoms with van der Waals surface area (Å²) in [7, 11) is 1.29. The van der Waals surface area contributed by atoms with Crippen LogP contribution in [0.5, 0.6) is 0 Å². The van der Waals surface area contributed by atoms with Crippen molar-refractivity contribution in [3.8, 4) is 11.4 Å². The van der Waals surface area contributed by atoms with Crippen LogP contribution in [0.3, 0.4) is 0 Å². The van der Waals surface area contributed by atoms with Gasteiger partial charge in [-0.05, 0) is 25.1 Å². The molecule has 0 unspecified atom stereocenters. The van der Waals surface area contributed by atoms with E-state index in [1.165, 1.54) is 19.5 Å². The number of carbonyl (C=O) groups excluding carboxylic acids is 1. The van der Waals surface area contributed by atoms with Crippen molar-refractivity contribution in [3.05, 3.63) is 60.4 Å². The number of anilines is 2. The number of pyridine rings is 1. The number of ether oxygens (including phenoxy) is 1. The number of aryl methyl sites for hydroxylation is 1. The molecule has 0 spiro atoms. The molecular formula is C18H15N7O2. The zero-order valence-corrected chi connectivity index (χ0v) is 14.6. The molecule has 0 aliphatic carbocycles. The number of fused-ring (bicyclic) bond motifs is 1. The first-order valence-corrected chi connectivity index (χ1v) is 8.10. The van der Waals surface area contributed by atoms with Gasteiger partial charge in [0.1, 0.15) is 5.65 Å². The van der Waals surface area contributed by atoms with E-state index in [2.05, 4.69) is 35.0 Å². The number of hydrogen-bond acceptors (Lipinski definition) is 8. The number of nitrogens with zero attached hydrogens (tertiary/aromatic N) is 6. The van der Waals surface area contributed by atoms with Crippen LogP contribution in [-0.4, -0.2) is 42.4 Å². The number of methoxy groups -OCH3 is 1. The van der Waals surface area contributed by atoms with E-state index in [0.717, 1.165) is 22.7 Å². The van der Waals surface area contributed by atoms with Gasteiger partial charge in [-0.3, -0.25) is 4.40 Å². The van der Waals surface area contributed by atoms with E-state index < -0.39 is 5.97 Å². The van der Waals surface area contributed by atoms with Gasteiger partial charge in [-0.1, -0.05) is 6.07 Å². The molecule has 0 aliphatic rings. The first kappa shape index (κ1) is 16.6. The molecule has 0 fully saturated rings. The highest BCUT2D eigenvalue weighted by Crippen LogP contribution is 2.24. The molecule has 0 saturated carbocycles. The Bertz CT molecular complexity index is 1120. The third-order valence-electron chi connectivity index (χ3n) is 3.89. The summed E-state index contributed by atoms with van der Waals surface area (Å²) in [5.74, 6) is 0.225. The van der Waals surface area contributed by atoms with Crippen molar-refractivity contribution in [2.45, 2.75) is 6.92 Å². The van der Waals surface area contributed by atoms with Gasteiger partial charge in [-0.25, -0.2) is 29.7 Å². The van der Waals surface area contributed by atoms with Crippen LogP contribution in [0.1, 0.15) is 16.2 Å². The van der Waals surface area contributed by atoms with Crippen LogP contribution in [0, 0.1) is 6.92 Å². The van der Waals surface area contributed by atoms with E-state index in [0.29, 0.717) is 11.8 Å². The number of nitrogens with one attached hydrogen (secondary N) is 1. The molecule has 4 aromatic heterocycles. The third-order valence-corrected chi connectivity index (χ3v) is 3.89. The summed E-state index contributed by atoms with van der Waals surface area (Å²) in [5, 5.41) is 2.98. The van der Waals surface area contributed by atoms with Crippen molar-refractivity contribution < 1.29 is 9.53 Å². The number of rotatable bonds is 4. The number of hydrogen-bond donors (Lipinski definition) is 1. The molecule has 27 heavy (non-hydrogen) atoms. The maximum Gasteiger partial charge on any atom is 0.358 e. The van der Waals surface area contributed by atoms with Crippen molar-refractivity contribution >= 4 is 23.4 Å². The van der Waals surface area contributed by atoms with Gasteiger partial charge in [0.2, 0.25) is 5.95 Å². The van der Waals surface area contributed by atoms with Gasteiger partial charge in [-0.15, -0.1) is 0 Å². The van der Waals surface area contributed by atoms with E-state index in [1.54, 1.807) is 6.20 Å². The fraction of sp³-hybridized carbons (Fsp3) is 0.111. The predicted octanol–water partition coefficient (Wildman–Crippen LogP) is 2.42. The molecule has 4 heterocycles. The van der Waals surface area contributed by atoms with Crippen molar-refractivity contribution in [3.63, 3.8) is 0 Å². The summed E-state index contributed by atoms with van der Waals surface area (Å²) in [5.41, 5.74) is 3.46. The van der Waals surface area contributed by atoms with Crippen molar-refractivity contribution in [2.24, 2.45) is 0 Å². The van der Waals surface area contributed by atoms with Gasteiger partial charge in [0.15, 0.2) is 11.5 Å². The molecule has 0 aliphatic heterocycles. The van der Waals surface area contributed by atoms with Crippen LogP contribution in [0.4, 0.5) is 11.8 Å². The van der Waals surface area contributed by atoms with Gasteiger partial charge in [0.05, 0.1) is 36.6 Å². The van der Waals surface area contributed by atoms with E-state index in [4.69, 9.17) is 0 Å². The Hall–Kier alpha value is -3.88. The van der Waals surface area contributed by atoms with Gasteiger partial charge in [0, 0.05) is 12.4 Å². The summed E-state index contributed by atoms with van der Waals surface area (Å²) in [4.78, 5) is 32.9. The monoisotopic (exact) mass is 361 g/mol. The van der Waals surface area contributed by atoms with Crippen molar-refractivity contribution in [1.29, 1.82) is 0 Å². The summed E-state index contributed by atoms with van der Waals surface area (Å²) in [6.07, 6.45) is 6.34. The largest absolute Gasteiger partial charge is 0.464 e. The Balaban J connectivity index is 1.65. The van der Waals surface area contributed by atoms with Crippen LogP contribution in [0.2, 0.25) is 0 Å². The van der Waals surface area contributed by atoms with Crippen LogP contribution in [0.25, 0.3) is 17.0 Å². The summed E-state index contributed by atoms with van der Waals surface area (Å²) in [6.45, 7) is 1.94. The van der Waals surface area contributed by atoms with Gasteiger partial charge >= 0.3 is 5.97 Å². The second-order valence-corrected chi connectivity index (χ2v) is 5.64. The topological polar surface area (TPSA) is 107 Å². The van der Waals surface area contributed by atoms with Gasteiger partial charge in [-0.2, -0.15) is 0 Å². The highest BCUT2D eigenvalue weighted by Gasteiger charge is 2.13. The lowest BCUT2D eigenvalue weighted by atomic mass is 10.2. The Kier molecular flexibility index (Phi) is 4.17. The van der Waals surface area contributed by atoms with E-state index in [9.17, 15) is 4.79 Å². The third kappa shape index (κ3) is 3.17. The summed E-state index contributed by atoms with van der Waals surface area (Å²) >= 11 is 0. The molecular weight excluding hydrogens is 346 g/mol. The minimum Gasteiger partial charge on any atom is -0.464 e. The van der Waals surface area contributed by atoms with Crippen LogP contribution in [0.15, 0.2) is 49.1 Å². The molecule has 0 radical (unpaired) electrons. The van der Waals surface area contributed by atoms with Crippen molar-refractivity contribution in [1.82, 2.24) is 29.3 Å². The second kappa shape index (κ2) is 6.79. The maximum absolute atomic E-state index is 11.4. The molecule has 9 heteroatoms. The molecule has 0 amide bonds. The molecule has 4 aromatic rings. The smallest absolute Gasteiger partial charge is 0.358 e. The standard InChI is InChI=1S/C18H15N7O2/c1-11-16(25-8-4-3-5-15(25)22-11)12-6-7-19-18(23-12)24-14-10-20-13(9-21-14)17(26)27-2/h3-10H,1-2H3,(H,19,21,23,24). The lowest BCUT2D eigenvalue weighted by molar-refractivity contribution is 0.0593. The minimum atomic E-state index is -0.546. The second-order valence-electron chi connectivity index (χ2n) is 5.64. The fourth-order valence-electron chi connectivity index (χ4n) is 2.69. The Labute approximate surface area is 154 Å². The zero-order valence-electron chi connectivity index (χ0n) is 14.6. The molecule has 0 aromatic carbocycles. The normalized spacial score (nSPS) is 10.7. The molecule has 1 N–H and O–H groups in total. The summed E-state index contributed by atoms with van der Waals surface area (Å²) < 4.78 is 6.58. The van der Waals surface area contributed by atoms with E-state index >= 15 is 0 Å². The van der Waals surface area contributed by atoms with Gasteiger partial charge < -0.3 is 10.1 Å². The Morgan fingerprint density at radius 1 is 1.11 bits per heavy atom. The quantitative estimate of drug-likeness (QED) is 0.552. The maximum atomic E-state index is 11.4. The average Bonchev–Trinajstić information content (AvgIpc) is 3.04. The van der Waals surface area contributed by atoms with Crippen LogP contribution in [-0.2, 0) is 4.74 Å². The first-order chi connectivity index (χ1) is 13.2. The SMILES string of the molecule is COC(=O)c1cnc(Nc2nccc(-c3c(C)nc4ccccn34)n2)cn1. The molecule has 0 saturated heterocycles. The Morgan fingerprint density at radius 3 is 2.78 bits per heavy atom. The number of aromatic nitrogens is 6. The van der Waals surface area contributed by atoms with Gasteiger partial charge in [0.25, 0.3) is 0 Å².